The summed E-state index contributed by atoms with van der Waals surface area (Å²) in [5, 5.41) is 8.95. The molecule has 1 unspecified atom stereocenters. The molecule has 0 fully saturated rings. The number of rotatable bonds is 2. The van der Waals surface area contributed by atoms with Crippen LogP contribution in [0.15, 0.2) is 22.7 Å². The summed E-state index contributed by atoms with van der Waals surface area (Å²) in [5.41, 5.74) is 1.08. The van der Waals surface area contributed by atoms with Crippen molar-refractivity contribution in [3.63, 3.8) is 0 Å². The second-order valence-corrected chi connectivity index (χ2v) is 4.53. The van der Waals surface area contributed by atoms with Crippen LogP contribution in [0.5, 0.6) is 5.75 Å². The molecule has 0 bridgehead atoms. The normalized spacial score (nSPS) is 19.7. The van der Waals surface area contributed by atoms with E-state index in [2.05, 4.69) is 20.8 Å². The number of hydrogen-bond acceptors (Lipinski definition) is 3. The van der Waals surface area contributed by atoms with Crippen LogP contribution in [-0.4, -0.2) is 31.4 Å². The molecule has 1 heterocycles. The third-order valence-electron chi connectivity index (χ3n) is 2.76. The highest BCUT2D eigenvalue weighted by molar-refractivity contribution is 9.10. The molecule has 1 atom stereocenters. The number of ether oxygens (including phenoxy) is 1. The highest BCUT2D eigenvalue weighted by Gasteiger charge is 2.25. The van der Waals surface area contributed by atoms with Crippen LogP contribution in [0, 0.1) is 0 Å². The van der Waals surface area contributed by atoms with Gasteiger partial charge in [0.25, 0.3) is 0 Å². The summed E-state index contributed by atoms with van der Waals surface area (Å²) >= 11 is 3.47. The van der Waals surface area contributed by atoms with Crippen molar-refractivity contribution in [2.75, 3.05) is 25.2 Å². The smallest absolute Gasteiger partial charge is 0.156 e. The molecule has 2 rings (SSSR count). The molecule has 4 heteroatoms. The average Bonchev–Trinajstić information content (AvgIpc) is 2.23. The van der Waals surface area contributed by atoms with Crippen LogP contribution >= 0.6 is 15.9 Å². The molecule has 0 aliphatic carbocycles. The molecule has 82 valence electrons. The van der Waals surface area contributed by atoms with Crippen LogP contribution in [0.1, 0.15) is 6.42 Å². The zero-order valence-electron chi connectivity index (χ0n) is 8.61. The first-order valence-electron chi connectivity index (χ1n) is 4.99. The van der Waals surface area contributed by atoms with Crippen molar-refractivity contribution >= 4 is 21.6 Å². The topological polar surface area (TPSA) is 32.7 Å². The summed E-state index contributed by atoms with van der Waals surface area (Å²) in [7, 11) is 2.04. The number of hydrogen-bond donors (Lipinski definition) is 1. The Kier molecular flexibility index (Phi) is 3.17. The minimum absolute atomic E-state index is 0.196. The molecule has 1 N–H and O–H groups in total. The Morgan fingerprint density at radius 2 is 2.40 bits per heavy atom. The number of aliphatic hydroxyl groups excluding tert-OH is 1. The molecule has 0 amide bonds. The Morgan fingerprint density at radius 1 is 1.60 bits per heavy atom. The standard InChI is InChI=1S/C11H14BrNO2/c1-13-8(5-6-14)7-15-11-9(12)3-2-4-10(11)13/h2-4,8,14H,5-7H2,1H3. The van der Waals surface area contributed by atoms with E-state index in [1.807, 2.05) is 25.2 Å². The maximum atomic E-state index is 8.95. The molecule has 1 aromatic rings. The largest absolute Gasteiger partial charge is 0.488 e. The van der Waals surface area contributed by atoms with Gasteiger partial charge in [-0.2, -0.15) is 0 Å². The van der Waals surface area contributed by atoms with Gasteiger partial charge in [0, 0.05) is 13.7 Å². The highest BCUT2D eigenvalue weighted by Crippen LogP contribution is 2.39. The number of nitrogens with zero attached hydrogens (tertiary/aromatic N) is 1. The van der Waals surface area contributed by atoms with Gasteiger partial charge in [-0.1, -0.05) is 6.07 Å². The van der Waals surface area contributed by atoms with E-state index >= 15 is 0 Å². The van der Waals surface area contributed by atoms with Crippen molar-refractivity contribution in [3.8, 4) is 5.75 Å². The summed E-state index contributed by atoms with van der Waals surface area (Å²) in [5.74, 6) is 0.897. The first kappa shape index (κ1) is 10.8. The lowest BCUT2D eigenvalue weighted by molar-refractivity contribution is 0.218. The molecule has 0 radical (unpaired) electrons. The number of fused-ring (bicyclic) bond motifs is 1. The van der Waals surface area contributed by atoms with Crippen molar-refractivity contribution in [1.29, 1.82) is 0 Å². The second kappa shape index (κ2) is 4.41. The number of halogens is 1. The predicted octanol–water partition coefficient (Wildman–Crippen LogP) is 2.03. The van der Waals surface area contributed by atoms with E-state index in [1.54, 1.807) is 0 Å². The van der Waals surface area contributed by atoms with Crippen molar-refractivity contribution < 1.29 is 9.84 Å². The lowest BCUT2D eigenvalue weighted by Crippen LogP contribution is -2.41. The van der Waals surface area contributed by atoms with Crippen LogP contribution in [0.2, 0.25) is 0 Å². The maximum absolute atomic E-state index is 8.95. The Hall–Kier alpha value is -0.740. The summed E-state index contributed by atoms with van der Waals surface area (Å²) in [4.78, 5) is 2.17. The van der Waals surface area contributed by atoms with Crippen molar-refractivity contribution in [1.82, 2.24) is 0 Å². The van der Waals surface area contributed by atoms with E-state index in [0.29, 0.717) is 6.61 Å². The molecule has 0 aromatic heterocycles. The molecule has 0 spiro atoms. The second-order valence-electron chi connectivity index (χ2n) is 3.68. The Balaban J connectivity index is 2.30. The van der Waals surface area contributed by atoms with Crippen molar-refractivity contribution in [2.45, 2.75) is 12.5 Å². The number of anilines is 1. The molecule has 0 saturated heterocycles. The fraction of sp³-hybridized carbons (Fsp3) is 0.455. The van der Waals surface area contributed by atoms with Gasteiger partial charge in [0.1, 0.15) is 6.61 Å². The summed E-state index contributed by atoms with van der Waals surface area (Å²) < 4.78 is 6.67. The van der Waals surface area contributed by atoms with E-state index in [9.17, 15) is 0 Å². The third kappa shape index (κ3) is 1.96. The van der Waals surface area contributed by atoms with Gasteiger partial charge in [-0.15, -0.1) is 0 Å². The van der Waals surface area contributed by atoms with Crippen LogP contribution in [-0.2, 0) is 0 Å². The van der Waals surface area contributed by atoms with Gasteiger partial charge >= 0.3 is 0 Å². The van der Waals surface area contributed by atoms with E-state index in [4.69, 9.17) is 9.84 Å². The molecule has 1 aliphatic rings. The number of likely N-dealkylation sites (N-methyl/N-ethyl adjacent to an activating group) is 1. The van der Waals surface area contributed by atoms with Gasteiger partial charge < -0.3 is 14.7 Å². The molecule has 0 saturated carbocycles. The first-order chi connectivity index (χ1) is 7.24. The van der Waals surface area contributed by atoms with Crippen molar-refractivity contribution in [3.05, 3.63) is 22.7 Å². The molecular weight excluding hydrogens is 258 g/mol. The monoisotopic (exact) mass is 271 g/mol. The quantitative estimate of drug-likeness (QED) is 0.894. The molecule has 15 heavy (non-hydrogen) atoms. The van der Waals surface area contributed by atoms with Gasteiger partial charge in [0.05, 0.1) is 16.2 Å². The number of benzene rings is 1. The van der Waals surface area contributed by atoms with E-state index < -0.39 is 0 Å². The van der Waals surface area contributed by atoms with Crippen LogP contribution < -0.4 is 9.64 Å². The van der Waals surface area contributed by atoms with E-state index in [1.165, 1.54) is 0 Å². The third-order valence-corrected chi connectivity index (χ3v) is 3.38. The first-order valence-corrected chi connectivity index (χ1v) is 5.78. The van der Waals surface area contributed by atoms with E-state index in [-0.39, 0.29) is 12.6 Å². The fourth-order valence-corrected chi connectivity index (χ4v) is 2.30. The number of aliphatic hydroxyl groups is 1. The zero-order valence-corrected chi connectivity index (χ0v) is 10.2. The Bertz CT molecular complexity index is 356. The van der Waals surface area contributed by atoms with Gasteiger partial charge in [0.2, 0.25) is 0 Å². The summed E-state index contributed by atoms with van der Waals surface area (Å²) in [6.07, 6.45) is 0.739. The molecule has 3 nitrogen and oxygen atoms in total. The lowest BCUT2D eigenvalue weighted by atomic mass is 10.1. The fourth-order valence-electron chi connectivity index (χ4n) is 1.83. The zero-order chi connectivity index (χ0) is 10.8. The minimum atomic E-state index is 0.196. The Morgan fingerprint density at radius 3 is 3.13 bits per heavy atom. The summed E-state index contributed by atoms with van der Waals surface area (Å²) in [6, 6.07) is 6.25. The predicted molar refractivity (Wildman–Crippen MR) is 63.5 cm³/mol. The lowest BCUT2D eigenvalue weighted by Gasteiger charge is -2.36. The van der Waals surface area contributed by atoms with Crippen LogP contribution in [0.3, 0.4) is 0 Å². The van der Waals surface area contributed by atoms with Gasteiger partial charge in [0.15, 0.2) is 5.75 Å². The maximum Gasteiger partial charge on any atom is 0.156 e. The average molecular weight is 272 g/mol. The van der Waals surface area contributed by atoms with Crippen LogP contribution in [0.4, 0.5) is 5.69 Å². The molecular formula is C11H14BrNO2. The van der Waals surface area contributed by atoms with Gasteiger partial charge in [-0.25, -0.2) is 0 Å². The van der Waals surface area contributed by atoms with Crippen molar-refractivity contribution in [2.24, 2.45) is 0 Å². The number of para-hydroxylation sites is 1. The summed E-state index contributed by atoms with van der Waals surface area (Å²) in [6.45, 7) is 0.828. The van der Waals surface area contributed by atoms with Gasteiger partial charge in [-0.05, 0) is 34.5 Å². The van der Waals surface area contributed by atoms with Crippen LogP contribution in [0.25, 0.3) is 0 Å². The van der Waals surface area contributed by atoms with Gasteiger partial charge in [-0.3, -0.25) is 0 Å². The van der Waals surface area contributed by atoms with E-state index in [0.717, 1.165) is 22.3 Å². The highest BCUT2D eigenvalue weighted by atomic mass is 79.9. The minimum Gasteiger partial charge on any atom is -0.488 e. The molecule has 1 aliphatic heterocycles. The SMILES string of the molecule is CN1c2cccc(Br)c2OCC1CCO. The Labute approximate surface area is 97.8 Å². The molecule has 1 aromatic carbocycles.